The van der Waals surface area contributed by atoms with E-state index >= 15 is 0 Å². The molecule has 0 aliphatic rings. The Bertz CT molecular complexity index is 335. The Balaban J connectivity index is 2.89. The van der Waals surface area contributed by atoms with E-state index in [1.165, 1.54) is 21.6 Å². The predicted molar refractivity (Wildman–Crippen MR) is 69.3 cm³/mol. The summed E-state index contributed by atoms with van der Waals surface area (Å²) in [5.74, 6) is 0. The van der Waals surface area contributed by atoms with E-state index in [0.717, 1.165) is 6.54 Å². The highest BCUT2D eigenvalue weighted by Crippen LogP contribution is 2.29. The van der Waals surface area contributed by atoms with Crippen LogP contribution in [0.3, 0.4) is 0 Å². The normalized spacial score (nSPS) is 10.7. The molecule has 15 heavy (non-hydrogen) atoms. The van der Waals surface area contributed by atoms with Crippen molar-refractivity contribution in [2.75, 3.05) is 13.6 Å². The third-order valence-electron chi connectivity index (χ3n) is 2.24. The lowest BCUT2D eigenvalue weighted by molar-refractivity contribution is 0.635. The number of benzene rings is 1. The highest BCUT2D eigenvalue weighted by Gasteiger charge is 2.06. The van der Waals surface area contributed by atoms with E-state index in [1.807, 2.05) is 6.08 Å². The van der Waals surface area contributed by atoms with Gasteiger partial charge in [-0.15, -0.1) is 6.58 Å². The molecule has 0 aliphatic heterocycles. The average molecular weight is 221 g/mol. The molecule has 0 saturated carbocycles. The second kappa shape index (κ2) is 5.38. The SMILES string of the molecule is C=CCN(C)Sc1c(C)cc(C)cc1C. The van der Waals surface area contributed by atoms with E-state index in [1.54, 1.807) is 11.9 Å². The summed E-state index contributed by atoms with van der Waals surface area (Å²) in [6.07, 6.45) is 1.92. The van der Waals surface area contributed by atoms with Crippen molar-refractivity contribution in [1.82, 2.24) is 4.31 Å². The van der Waals surface area contributed by atoms with Crippen molar-refractivity contribution in [3.8, 4) is 0 Å². The van der Waals surface area contributed by atoms with Crippen LogP contribution in [0.5, 0.6) is 0 Å². The molecule has 0 heterocycles. The van der Waals surface area contributed by atoms with Crippen molar-refractivity contribution >= 4 is 11.9 Å². The van der Waals surface area contributed by atoms with Gasteiger partial charge in [0, 0.05) is 11.4 Å². The average Bonchev–Trinajstić information content (AvgIpc) is 2.11. The molecule has 82 valence electrons. The van der Waals surface area contributed by atoms with Crippen molar-refractivity contribution in [3.05, 3.63) is 41.5 Å². The fraction of sp³-hybridized carbons (Fsp3) is 0.385. The molecule has 0 amide bonds. The smallest absolute Gasteiger partial charge is 0.0288 e. The van der Waals surface area contributed by atoms with Crippen molar-refractivity contribution < 1.29 is 0 Å². The quantitative estimate of drug-likeness (QED) is 0.563. The number of hydrogen-bond acceptors (Lipinski definition) is 2. The standard InChI is InChI=1S/C13H19NS/c1-6-7-14(5)15-13-11(3)8-10(2)9-12(13)4/h6,8-9H,1,7H2,2-5H3. The lowest BCUT2D eigenvalue weighted by atomic mass is 10.1. The summed E-state index contributed by atoms with van der Waals surface area (Å²) in [5.41, 5.74) is 4.04. The van der Waals surface area contributed by atoms with Crippen LogP contribution in [0.2, 0.25) is 0 Å². The van der Waals surface area contributed by atoms with E-state index in [9.17, 15) is 0 Å². The fourth-order valence-corrected chi connectivity index (χ4v) is 2.58. The first-order valence-corrected chi connectivity index (χ1v) is 5.89. The van der Waals surface area contributed by atoms with Gasteiger partial charge >= 0.3 is 0 Å². The van der Waals surface area contributed by atoms with Crippen LogP contribution in [-0.2, 0) is 0 Å². The van der Waals surface area contributed by atoms with Gasteiger partial charge in [-0.05, 0) is 50.9 Å². The Hall–Kier alpha value is -0.730. The van der Waals surface area contributed by atoms with E-state index in [-0.39, 0.29) is 0 Å². The molecule has 0 spiro atoms. The molecule has 1 aromatic carbocycles. The summed E-state index contributed by atoms with van der Waals surface area (Å²) in [7, 11) is 2.09. The van der Waals surface area contributed by atoms with Crippen molar-refractivity contribution in [1.29, 1.82) is 0 Å². The minimum atomic E-state index is 0.900. The second-order valence-corrected chi connectivity index (χ2v) is 5.13. The fourth-order valence-electron chi connectivity index (χ4n) is 1.69. The van der Waals surface area contributed by atoms with E-state index in [4.69, 9.17) is 0 Å². The third-order valence-corrected chi connectivity index (χ3v) is 3.53. The third kappa shape index (κ3) is 3.40. The monoisotopic (exact) mass is 221 g/mol. The van der Waals surface area contributed by atoms with Gasteiger partial charge in [0.1, 0.15) is 0 Å². The molecule has 0 atom stereocenters. The van der Waals surface area contributed by atoms with Crippen molar-refractivity contribution in [3.63, 3.8) is 0 Å². The zero-order valence-corrected chi connectivity index (χ0v) is 10.8. The van der Waals surface area contributed by atoms with Gasteiger partial charge in [-0.1, -0.05) is 23.8 Å². The maximum Gasteiger partial charge on any atom is 0.0288 e. The number of hydrogen-bond donors (Lipinski definition) is 0. The molecule has 1 aromatic rings. The zero-order valence-electron chi connectivity index (χ0n) is 10.0. The van der Waals surface area contributed by atoms with Crippen LogP contribution < -0.4 is 0 Å². The molecule has 0 saturated heterocycles. The van der Waals surface area contributed by atoms with Gasteiger partial charge in [0.15, 0.2) is 0 Å². The molecule has 0 N–H and O–H groups in total. The molecule has 1 rings (SSSR count). The largest absolute Gasteiger partial charge is 0.246 e. The second-order valence-electron chi connectivity index (χ2n) is 3.92. The van der Waals surface area contributed by atoms with Gasteiger partial charge in [0.25, 0.3) is 0 Å². The molecule has 1 nitrogen and oxygen atoms in total. The van der Waals surface area contributed by atoms with Crippen LogP contribution in [0, 0.1) is 20.8 Å². The molecule has 0 radical (unpaired) electrons. The summed E-state index contributed by atoms with van der Waals surface area (Å²) in [6.45, 7) is 11.1. The topological polar surface area (TPSA) is 3.24 Å². The van der Waals surface area contributed by atoms with E-state index < -0.39 is 0 Å². The Morgan fingerprint density at radius 1 is 1.27 bits per heavy atom. The molecule has 0 aromatic heterocycles. The summed E-state index contributed by atoms with van der Waals surface area (Å²) in [4.78, 5) is 1.37. The van der Waals surface area contributed by atoms with Crippen LogP contribution >= 0.6 is 11.9 Å². The van der Waals surface area contributed by atoms with Crippen LogP contribution in [0.1, 0.15) is 16.7 Å². The van der Waals surface area contributed by atoms with Gasteiger partial charge in [-0.25, -0.2) is 4.31 Å². The van der Waals surface area contributed by atoms with Crippen LogP contribution in [-0.4, -0.2) is 17.9 Å². The minimum absolute atomic E-state index is 0.900. The van der Waals surface area contributed by atoms with Gasteiger partial charge in [-0.3, -0.25) is 0 Å². The lowest BCUT2D eigenvalue weighted by Gasteiger charge is -2.17. The summed E-state index contributed by atoms with van der Waals surface area (Å²) < 4.78 is 2.19. The molecule has 0 fully saturated rings. The molecular weight excluding hydrogens is 202 g/mol. The summed E-state index contributed by atoms with van der Waals surface area (Å²) in [6, 6.07) is 4.47. The minimum Gasteiger partial charge on any atom is -0.246 e. The van der Waals surface area contributed by atoms with E-state index in [2.05, 4.69) is 50.8 Å². The Morgan fingerprint density at radius 2 is 1.80 bits per heavy atom. The predicted octanol–water partition coefficient (Wildman–Crippen LogP) is 3.74. The molecule has 0 bridgehead atoms. The first-order valence-electron chi connectivity index (χ1n) is 5.12. The maximum absolute atomic E-state index is 3.75. The van der Waals surface area contributed by atoms with Gasteiger partial charge in [0.2, 0.25) is 0 Å². The summed E-state index contributed by atoms with van der Waals surface area (Å²) in [5, 5.41) is 0. The first-order chi connectivity index (χ1) is 7.04. The summed E-state index contributed by atoms with van der Waals surface area (Å²) >= 11 is 1.79. The molecule has 2 heteroatoms. The van der Waals surface area contributed by atoms with Crippen molar-refractivity contribution in [2.24, 2.45) is 0 Å². The number of likely N-dealkylation sites (N-methyl/N-ethyl adjacent to an activating group) is 1. The van der Waals surface area contributed by atoms with Crippen LogP contribution in [0.4, 0.5) is 0 Å². The maximum atomic E-state index is 3.75. The van der Waals surface area contributed by atoms with E-state index in [0.29, 0.717) is 0 Å². The van der Waals surface area contributed by atoms with Gasteiger partial charge < -0.3 is 0 Å². The molecular formula is C13H19NS. The van der Waals surface area contributed by atoms with Gasteiger partial charge in [0.05, 0.1) is 0 Å². The van der Waals surface area contributed by atoms with Gasteiger partial charge in [-0.2, -0.15) is 0 Å². The number of nitrogens with zero attached hydrogens (tertiary/aromatic N) is 1. The van der Waals surface area contributed by atoms with Crippen LogP contribution in [0.15, 0.2) is 29.7 Å². The Labute approximate surface area is 97.3 Å². The Morgan fingerprint density at radius 3 is 2.27 bits per heavy atom. The molecule has 0 aliphatic carbocycles. The highest BCUT2D eigenvalue weighted by molar-refractivity contribution is 7.97. The molecule has 0 unspecified atom stereocenters. The van der Waals surface area contributed by atoms with Crippen LogP contribution in [0.25, 0.3) is 0 Å². The number of aryl methyl sites for hydroxylation is 3. The first kappa shape index (κ1) is 12.3. The lowest BCUT2D eigenvalue weighted by Crippen LogP contribution is -2.09. The zero-order chi connectivity index (χ0) is 11.4. The Kier molecular flexibility index (Phi) is 4.43. The number of rotatable bonds is 4. The van der Waals surface area contributed by atoms with Crippen molar-refractivity contribution in [2.45, 2.75) is 25.7 Å². The highest BCUT2D eigenvalue weighted by atomic mass is 32.2.